The zero-order valence-corrected chi connectivity index (χ0v) is 20.7. The predicted molar refractivity (Wildman–Crippen MR) is 133 cm³/mol. The molecular formula is C25H34N4O3S. The van der Waals surface area contributed by atoms with E-state index in [0.29, 0.717) is 23.7 Å². The van der Waals surface area contributed by atoms with Crippen molar-refractivity contribution in [1.82, 2.24) is 10.2 Å². The summed E-state index contributed by atoms with van der Waals surface area (Å²) in [7, 11) is 0.188. The van der Waals surface area contributed by atoms with E-state index >= 15 is 0 Å². The van der Waals surface area contributed by atoms with Gasteiger partial charge in [-0.05, 0) is 73.6 Å². The number of ether oxygens (including phenoxy) is 1. The van der Waals surface area contributed by atoms with Crippen molar-refractivity contribution in [3.63, 3.8) is 0 Å². The van der Waals surface area contributed by atoms with Crippen LogP contribution in [-0.4, -0.2) is 52.5 Å². The van der Waals surface area contributed by atoms with Gasteiger partial charge in [0.2, 0.25) is 0 Å². The maximum absolute atomic E-state index is 13.7. The van der Waals surface area contributed by atoms with Gasteiger partial charge in [0.1, 0.15) is 0 Å². The minimum atomic E-state index is -3.74. The Morgan fingerprint density at radius 2 is 1.73 bits per heavy atom. The fourth-order valence-corrected chi connectivity index (χ4v) is 5.97. The van der Waals surface area contributed by atoms with E-state index in [9.17, 15) is 8.42 Å². The lowest BCUT2D eigenvalue weighted by Crippen LogP contribution is -2.34. The highest BCUT2D eigenvalue weighted by Crippen LogP contribution is 2.30. The molecule has 0 radical (unpaired) electrons. The Bertz CT molecular complexity index is 1180. The van der Waals surface area contributed by atoms with E-state index in [4.69, 9.17) is 4.74 Å². The Morgan fingerprint density at radius 3 is 2.36 bits per heavy atom. The molecule has 1 aliphatic heterocycles. The van der Waals surface area contributed by atoms with Crippen molar-refractivity contribution in [2.75, 3.05) is 43.1 Å². The van der Waals surface area contributed by atoms with E-state index in [1.807, 2.05) is 63.2 Å². The van der Waals surface area contributed by atoms with E-state index in [-0.39, 0.29) is 10.8 Å². The van der Waals surface area contributed by atoms with E-state index in [1.165, 1.54) is 4.31 Å². The van der Waals surface area contributed by atoms with Gasteiger partial charge in [0, 0.05) is 50.6 Å². The van der Waals surface area contributed by atoms with Crippen LogP contribution in [0.25, 0.3) is 10.9 Å². The first-order valence-corrected chi connectivity index (χ1v) is 13.0. The third kappa shape index (κ3) is 5.17. The number of nitrogens with zero attached hydrogens (tertiary/aromatic N) is 3. The van der Waals surface area contributed by atoms with E-state index < -0.39 is 10.0 Å². The first kappa shape index (κ1) is 23.6. The average molecular weight is 471 g/mol. The maximum Gasteiger partial charge on any atom is 0.264 e. The van der Waals surface area contributed by atoms with Gasteiger partial charge in [-0.25, -0.2) is 8.42 Å². The molecule has 0 bridgehead atoms. The van der Waals surface area contributed by atoms with E-state index in [1.54, 1.807) is 12.1 Å². The molecule has 1 aliphatic rings. The Labute approximate surface area is 196 Å². The standard InChI is InChI=1S/C25H34N4O3S/c1-18(2)17-29(21-7-5-20(6-8-21)28(3)4)33(30,31)22-9-10-23-24(26-27-25(23)16-22)15-19-11-13-32-14-12-19/h5-10,16,18-19H,11-15,17H2,1-4H3,(H,26,27). The summed E-state index contributed by atoms with van der Waals surface area (Å²) in [6.07, 6.45) is 3.00. The van der Waals surface area contributed by atoms with Gasteiger partial charge in [-0.15, -0.1) is 0 Å². The second-order valence-corrected chi connectivity index (χ2v) is 11.3. The van der Waals surface area contributed by atoms with Gasteiger partial charge >= 0.3 is 0 Å². The third-order valence-corrected chi connectivity index (χ3v) is 8.00. The Balaban J connectivity index is 1.64. The molecule has 4 rings (SSSR count). The van der Waals surface area contributed by atoms with Crippen LogP contribution in [0.2, 0.25) is 0 Å². The maximum atomic E-state index is 13.7. The molecule has 1 saturated heterocycles. The first-order valence-electron chi connectivity index (χ1n) is 11.6. The lowest BCUT2D eigenvalue weighted by Gasteiger charge is -2.27. The van der Waals surface area contributed by atoms with Gasteiger partial charge in [-0.3, -0.25) is 9.40 Å². The molecule has 0 aliphatic carbocycles. The van der Waals surface area contributed by atoms with Crippen molar-refractivity contribution in [2.24, 2.45) is 11.8 Å². The van der Waals surface area contributed by atoms with Gasteiger partial charge in [0.05, 0.1) is 16.1 Å². The van der Waals surface area contributed by atoms with Crippen LogP contribution in [0.15, 0.2) is 47.4 Å². The number of nitrogens with one attached hydrogen (secondary N) is 1. The molecule has 1 N–H and O–H groups in total. The van der Waals surface area contributed by atoms with Gasteiger partial charge in [-0.1, -0.05) is 13.8 Å². The van der Waals surface area contributed by atoms with Crippen LogP contribution >= 0.6 is 0 Å². The number of H-pyrrole nitrogens is 1. The minimum absolute atomic E-state index is 0.175. The molecule has 0 amide bonds. The zero-order chi connectivity index (χ0) is 23.6. The largest absolute Gasteiger partial charge is 0.381 e. The number of fused-ring (bicyclic) bond motifs is 1. The highest BCUT2D eigenvalue weighted by Gasteiger charge is 2.27. The molecule has 0 atom stereocenters. The molecule has 1 aromatic heterocycles. The van der Waals surface area contributed by atoms with Crippen LogP contribution in [-0.2, 0) is 21.2 Å². The number of anilines is 2. The van der Waals surface area contributed by atoms with Crippen molar-refractivity contribution in [3.8, 4) is 0 Å². The van der Waals surface area contributed by atoms with Gasteiger partial charge in [0.15, 0.2) is 0 Å². The summed E-state index contributed by atoms with van der Waals surface area (Å²) >= 11 is 0. The summed E-state index contributed by atoms with van der Waals surface area (Å²) in [5, 5.41) is 8.58. The summed E-state index contributed by atoms with van der Waals surface area (Å²) in [6.45, 7) is 6.06. The van der Waals surface area contributed by atoms with Crippen molar-refractivity contribution in [1.29, 1.82) is 0 Å². The SMILES string of the molecule is CC(C)CN(c1ccc(N(C)C)cc1)S(=O)(=O)c1ccc2c(CC3CCOCC3)[nH]nc2c1. The number of hydrogen-bond acceptors (Lipinski definition) is 5. The molecule has 7 nitrogen and oxygen atoms in total. The molecular weight excluding hydrogens is 436 g/mol. The smallest absolute Gasteiger partial charge is 0.264 e. The molecule has 1 fully saturated rings. The molecule has 8 heteroatoms. The summed E-state index contributed by atoms with van der Waals surface area (Å²) in [6, 6.07) is 12.9. The Kier molecular flexibility index (Phi) is 6.95. The second-order valence-electron chi connectivity index (χ2n) is 9.48. The molecule has 33 heavy (non-hydrogen) atoms. The van der Waals surface area contributed by atoms with Gasteiger partial charge < -0.3 is 9.64 Å². The summed E-state index contributed by atoms with van der Waals surface area (Å²) in [4.78, 5) is 2.26. The number of hydrogen-bond donors (Lipinski definition) is 1. The van der Waals surface area contributed by atoms with Gasteiger partial charge in [-0.2, -0.15) is 5.10 Å². The van der Waals surface area contributed by atoms with Crippen molar-refractivity contribution in [2.45, 2.75) is 38.0 Å². The molecule has 178 valence electrons. The average Bonchev–Trinajstić information content (AvgIpc) is 3.20. The van der Waals surface area contributed by atoms with Crippen LogP contribution in [0, 0.1) is 11.8 Å². The minimum Gasteiger partial charge on any atom is -0.381 e. The lowest BCUT2D eigenvalue weighted by molar-refractivity contribution is 0.0663. The normalized spacial score (nSPS) is 15.3. The topological polar surface area (TPSA) is 78.5 Å². The number of rotatable bonds is 8. The van der Waals surface area contributed by atoms with Crippen molar-refractivity contribution in [3.05, 3.63) is 48.2 Å². The highest BCUT2D eigenvalue weighted by molar-refractivity contribution is 7.92. The fourth-order valence-electron chi connectivity index (χ4n) is 4.32. The Hall–Kier alpha value is -2.58. The van der Waals surface area contributed by atoms with Gasteiger partial charge in [0.25, 0.3) is 10.0 Å². The number of aromatic amines is 1. The molecule has 2 heterocycles. The Morgan fingerprint density at radius 1 is 1.06 bits per heavy atom. The molecule has 0 spiro atoms. The van der Waals surface area contributed by atoms with E-state index in [0.717, 1.165) is 49.2 Å². The number of sulfonamides is 1. The first-order chi connectivity index (χ1) is 15.8. The number of aromatic nitrogens is 2. The lowest BCUT2D eigenvalue weighted by atomic mass is 9.94. The van der Waals surface area contributed by atoms with Crippen molar-refractivity contribution >= 4 is 32.3 Å². The zero-order valence-electron chi connectivity index (χ0n) is 19.9. The monoisotopic (exact) mass is 470 g/mol. The summed E-state index contributed by atoms with van der Waals surface area (Å²) < 4.78 is 34.4. The highest BCUT2D eigenvalue weighted by atomic mass is 32.2. The van der Waals surface area contributed by atoms with Crippen LogP contribution < -0.4 is 9.21 Å². The van der Waals surface area contributed by atoms with Crippen LogP contribution in [0.1, 0.15) is 32.4 Å². The number of benzene rings is 2. The predicted octanol–water partition coefficient (Wildman–Crippen LogP) is 4.45. The quantitative estimate of drug-likeness (QED) is 0.526. The molecule has 0 saturated carbocycles. The fraction of sp³-hybridized carbons (Fsp3) is 0.480. The van der Waals surface area contributed by atoms with Crippen LogP contribution in [0.5, 0.6) is 0 Å². The molecule has 2 aromatic carbocycles. The van der Waals surface area contributed by atoms with E-state index in [2.05, 4.69) is 10.2 Å². The third-order valence-electron chi connectivity index (χ3n) is 6.21. The molecule has 3 aromatic rings. The van der Waals surface area contributed by atoms with Crippen molar-refractivity contribution < 1.29 is 13.2 Å². The van der Waals surface area contributed by atoms with Crippen LogP contribution in [0.4, 0.5) is 11.4 Å². The molecule has 0 unspecified atom stereocenters. The van der Waals surface area contributed by atoms with Crippen LogP contribution in [0.3, 0.4) is 0 Å². The summed E-state index contributed by atoms with van der Waals surface area (Å²) in [5.41, 5.74) is 3.44. The second kappa shape index (κ2) is 9.73. The summed E-state index contributed by atoms with van der Waals surface area (Å²) in [5.74, 6) is 0.742.